The summed E-state index contributed by atoms with van der Waals surface area (Å²) in [7, 11) is 0. The van der Waals surface area contributed by atoms with Crippen LogP contribution in [0.15, 0.2) is 24.3 Å². The number of carbonyl (C=O) groups excluding carboxylic acids is 1. The van der Waals surface area contributed by atoms with E-state index in [0.717, 1.165) is 12.8 Å². The van der Waals surface area contributed by atoms with Crippen molar-refractivity contribution in [3.63, 3.8) is 0 Å². The van der Waals surface area contributed by atoms with Crippen molar-refractivity contribution in [2.45, 2.75) is 52.4 Å². The predicted octanol–water partition coefficient (Wildman–Crippen LogP) is 3.53. The van der Waals surface area contributed by atoms with Gasteiger partial charge in [0.15, 0.2) is 0 Å². The van der Waals surface area contributed by atoms with Gasteiger partial charge in [-0.05, 0) is 33.1 Å². The predicted molar refractivity (Wildman–Crippen MR) is 71.4 cm³/mol. The SMILES string of the molecule is C=C(C)C(=O)NOCCCCCCC/C=C/C. The molecule has 3 nitrogen and oxygen atoms in total. The number of nitrogens with one attached hydrogen (secondary N) is 1. The maximum Gasteiger partial charge on any atom is 0.269 e. The van der Waals surface area contributed by atoms with E-state index in [9.17, 15) is 4.79 Å². The van der Waals surface area contributed by atoms with Gasteiger partial charge in [0.2, 0.25) is 0 Å². The van der Waals surface area contributed by atoms with Crippen LogP contribution in [0.5, 0.6) is 0 Å². The molecule has 0 aromatic carbocycles. The Kier molecular flexibility index (Phi) is 10.7. The Hall–Kier alpha value is -1.09. The molecule has 0 aliphatic carbocycles. The van der Waals surface area contributed by atoms with Gasteiger partial charge in [0.25, 0.3) is 5.91 Å². The van der Waals surface area contributed by atoms with Gasteiger partial charge in [-0.25, -0.2) is 5.48 Å². The Labute approximate surface area is 105 Å². The molecule has 3 heteroatoms. The molecule has 0 saturated heterocycles. The second-order valence-corrected chi connectivity index (χ2v) is 4.19. The third-order valence-corrected chi connectivity index (χ3v) is 2.41. The molecular formula is C14H25NO2. The molecule has 0 atom stereocenters. The standard InChI is InChI=1S/C14H25NO2/c1-4-5-6-7-8-9-10-11-12-17-15-14(16)13(2)3/h4-5H,2,6-12H2,1,3H3,(H,15,16)/b5-4+. The first-order valence-corrected chi connectivity index (χ1v) is 6.37. The molecule has 0 heterocycles. The van der Waals surface area contributed by atoms with E-state index >= 15 is 0 Å². The molecule has 0 unspecified atom stereocenters. The molecule has 0 rings (SSSR count). The molecule has 0 aliphatic heterocycles. The minimum absolute atomic E-state index is 0.239. The lowest BCUT2D eigenvalue weighted by molar-refractivity contribution is -0.129. The first-order chi connectivity index (χ1) is 8.18. The van der Waals surface area contributed by atoms with E-state index in [0.29, 0.717) is 12.2 Å². The Morgan fingerprint density at radius 3 is 2.53 bits per heavy atom. The molecule has 0 saturated carbocycles. The lowest BCUT2D eigenvalue weighted by Crippen LogP contribution is -2.24. The number of allylic oxidation sites excluding steroid dienone is 2. The highest BCUT2D eigenvalue weighted by molar-refractivity contribution is 5.91. The molecule has 0 aromatic heterocycles. The normalized spacial score (nSPS) is 10.7. The minimum Gasteiger partial charge on any atom is -0.273 e. The highest BCUT2D eigenvalue weighted by atomic mass is 16.6. The van der Waals surface area contributed by atoms with Crippen LogP contribution in [-0.2, 0) is 9.63 Å². The van der Waals surface area contributed by atoms with Gasteiger partial charge in [-0.1, -0.05) is 38.0 Å². The number of hydroxylamine groups is 1. The average molecular weight is 239 g/mol. The molecule has 0 aromatic rings. The summed E-state index contributed by atoms with van der Waals surface area (Å²) in [5, 5.41) is 0. The zero-order valence-electron chi connectivity index (χ0n) is 11.1. The van der Waals surface area contributed by atoms with Gasteiger partial charge in [0.05, 0.1) is 6.61 Å². The Morgan fingerprint density at radius 1 is 1.24 bits per heavy atom. The zero-order valence-corrected chi connectivity index (χ0v) is 11.1. The summed E-state index contributed by atoms with van der Waals surface area (Å²) in [6, 6.07) is 0. The van der Waals surface area contributed by atoms with Crippen molar-refractivity contribution in [3.05, 3.63) is 24.3 Å². The van der Waals surface area contributed by atoms with E-state index in [1.54, 1.807) is 6.92 Å². The Morgan fingerprint density at radius 2 is 1.88 bits per heavy atom. The molecule has 0 radical (unpaired) electrons. The van der Waals surface area contributed by atoms with Gasteiger partial charge >= 0.3 is 0 Å². The van der Waals surface area contributed by atoms with Gasteiger partial charge in [-0.2, -0.15) is 0 Å². The van der Waals surface area contributed by atoms with Crippen molar-refractivity contribution in [3.8, 4) is 0 Å². The van der Waals surface area contributed by atoms with Crippen LogP contribution in [0.3, 0.4) is 0 Å². The van der Waals surface area contributed by atoms with Crippen molar-refractivity contribution in [1.29, 1.82) is 0 Å². The van der Waals surface area contributed by atoms with E-state index in [2.05, 4.69) is 31.1 Å². The summed E-state index contributed by atoms with van der Waals surface area (Å²) >= 11 is 0. The molecule has 0 fully saturated rings. The fraction of sp³-hybridized carbons (Fsp3) is 0.643. The fourth-order valence-corrected chi connectivity index (χ4v) is 1.34. The molecule has 98 valence electrons. The van der Waals surface area contributed by atoms with Crippen LogP contribution in [0.4, 0.5) is 0 Å². The summed E-state index contributed by atoms with van der Waals surface area (Å²) < 4.78 is 0. The van der Waals surface area contributed by atoms with Crippen molar-refractivity contribution < 1.29 is 9.63 Å². The van der Waals surface area contributed by atoms with E-state index in [4.69, 9.17) is 4.84 Å². The van der Waals surface area contributed by atoms with Gasteiger partial charge in [0.1, 0.15) is 0 Å². The number of carbonyl (C=O) groups is 1. The lowest BCUT2D eigenvalue weighted by Gasteiger charge is -2.05. The monoisotopic (exact) mass is 239 g/mol. The van der Waals surface area contributed by atoms with Gasteiger partial charge in [-0.15, -0.1) is 0 Å². The highest BCUT2D eigenvalue weighted by Crippen LogP contribution is 2.05. The van der Waals surface area contributed by atoms with Gasteiger partial charge in [0, 0.05) is 5.57 Å². The van der Waals surface area contributed by atoms with Crippen LogP contribution in [0.2, 0.25) is 0 Å². The van der Waals surface area contributed by atoms with Crippen molar-refractivity contribution in [2.24, 2.45) is 0 Å². The van der Waals surface area contributed by atoms with Gasteiger partial charge in [-0.3, -0.25) is 9.63 Å². The Balaban J connectivity index is 3.13. The largest absolute Gasteiger partial charge is 0.273 e. The number of amides is 1. The van der Waals surface area contributed by atoms with E-state index in [-0.39, 0.29) is 5.91 Å². The van der Waals surface area contributed by atoms with Crippen molar-refractivity contribution in [1.82, 2.24) is 5.48 Å². The molecule has 1 amide bonds. The topological polar surface area (TPSA) is 38.3 Å². The van der Waals surface area contributed by atoms with Crippen LogP contribution < -0.4 is 5.48 Å². The quantitative estimate of drug-likeness (QED) is 0.274. The maximum atomic E-state index is 11.0. The number of hydrogen-bond donors (Lipinski definition) is 1. The summed E-state index contributed by atoms with van der Waals surface area (Å²) in [6.07, 6.45) is 11.4. The van der Waals surface area contributed by atoms with Crippen LogP contribution >= 0.6 is 0 Å². The second kappa shape index (κ2) is 11.4. The Bertz CT molecular complexity index is 247. The third kappa shape index (κ3) is 11.2. The molecule has 0 bridgehead atoms. The zero-order chi connectivity index (χ0) is 12.9. The first-order valence-electron chi connectivity index (χ1n) is 6.37. The van der Waals surface area contributed by atoms with Crippen molar-refractivity contribution >= 4 is 5.91 Å². The third-order valence-electron chi connectivity index (χ3n) is 2.41. The molecule has 1 N–H and O–H groups in total. The van der Waals surface area contributed by atoms with Crippen molar-refractivity contribution in [2.75, 3.05) is 6.61 Å². The molecule has 17 heavy (non-hydrogen) atoms. The lowest BCUT2D eigenvalue weighted by atomic mass is 10.1. The summed E-state index contributed by atoms with van der Waals surface area (Å²) in [4.78, 5) is 16.1. The van der Waals surface area contributed by atoms with Crippen LogP contribution in [0.1, 0.15) is 52.4 Å². The maximum absolute atomic E-state index is 11.0. The minimum atomic E-state index is -0.239. The molecular weight excluding hydrogens is 214 g/mol. The first kappa shape index (κ1) is 15.9. The van der Waals surface area contributed by atoms with E-state index < -0.39 is 0 Å². The number of rotatable bonds is 10. The molecule has 0 spiro atoms. The summed E-state index contributed by atoms with van der Waals surface area (Å²) in [5.74, 6) is -0.239. The van der Waals surface area contributed by atoms with E-state index in [1.807, 2.05) is 0 Å². The highest BCUT2D eigenvalue weighted by Gasteiger charge is 1.99. The second-order valence-electron chi connectivity index (χ2n) is 4.19. The van der Waals surface area contributed by atoms with Crippen LogP contribution in [0.25, 0.3) is 0 Å². The van der Waals surface area contributed by atoms with Gasteiger partial charge < -0.3 is 0 Å². The average Bonchev–Trinajstić information content (AvgIpc) is 2.31. The summed E-state index contributed by atoms with van der Waals surface area (Å²) in [6.45, 7) is 7.81. The van der Waals surface area contributed by atoms with E-state index in [1.165, 1.54) is 25.7 Å². The van der Waals surface area contributed by atoms with Crippen LogP contribution in [-0.4, -0.2) is 12.5 Å². The smallest absolute Gasteiger partial charge is 0.269 e. The number of unbranched alkanes of at least 4 members (excludes halogenated alkanes) is 5. The summed E-state index contributed by atoms with van der Waals surface area (Å²) in [5.41, 5.74) is 2.82. The fourth-order valence-electron chi connectivity index (χ4n) is 1.34. The molecule has 0 aliphatic rings. The van der Waals surface area contributed by atoms with Crippen LogP contribution in [0, 0.1) is 0 Å². The number of hydrogen-bond acceptors (Lipinski definition) is 2.